The van der Waals surface area contributed by atoms with Gasteiger partial charge in [-0.1, -0.05) is 13.0 Å². The molecule has 0 saturated heterocycles. The molecule has 1 N–H and O–H groups in total. The second-order valence-corrected chi connectivity index (χ2v) is 4.20. The third-order valence-corrected chi connectivity index (χ3v) is 2.90. The highest BCUT2D eigenvalue weighted by Crippen LogP contribution is 2.21. The van der Waals surface area contributed by atoms with Crippen molar-refractivity contribution in [1.29, 1.82) is 0 Å². The molecule has 0 aliphatic rings. The summed E-state index contributed by atoms with van der Waals surface area (Å²) in [6.07, 6.45) is 4.30. The fourth-order valence-corrected chi connectivity index (χ4v) is 1.80. The Hall–Kier alpha value is -1.61. The van der Waals surface area contributed by atoms with Gasteiger partial charge in [-0.05, 0) is 36.6 Å². The molecule has 2 heterocycles. The summed E-state index contributed by atoms with van der Waals surface area (Å²) < 4.78 is 5.27. The number of hydrogen-bond donors (Lipinski definition) is 1. The lowest BCUT2D eigenvalue weighted by molar-refractivity contribution is 0.148. The number of nitrogens with zero attached hydrogens (tertiary/aromatic N) is 1. The van der Waals surface area contributed by atoms with Crippen LogP contribution in [-0.2, 0) is 12.8 Å². The number of aromatic nitrogens is 1. The van der Waals surface area contributed by atoms with Crippen molar-refractivity contribution >= 4 is 0 Å². The number of aliphatic hydroxyl groups is 1. The van der Waals surface area contributed by atoms with E-state index in [2.05, 4.69) is 11.9 Å². The zero-order chi connectivity index (χ0) is 12.3. The maximum atomic E-state index is 10.0. The summed E-state index contributed by atoms with van der Waals surface area (Å²) in [6.45, 7) is 4.02. The number of aliphatic hydroxyl groups excluding tert-OH is 1. The van der Waals surface area contributed by atoms with E-state index in [1.54, 1.807) is 6.26 Å². The molecule has 0 saturated carbocycles. The Morgan fingerprint density at radius 2 is 2.18 bits per heavy atom. The van der Waals surface area contributed by atoms with E-state index < -0.39 is 6.10 Å². The SMILES string of the molecule is CCc1ccc(CC(O)c2occc2C)nc1. The average Bonchev–Trinajstić information content (AvgIpc) is 2.76. The van der Waals surface area contributed by atoms with Crippen molar-refractivity contribution in [2.24, 2.45) is 0 Å². The molecule has 2 aromatic heterocycles. The molecule has 1 unspecified atom stereocenters. The Kier molecular flexibility index (Phi) is 3.59. The van der Waals surface area contributed by atoms with Crippen molar-refractivity contribution in [1.82, 2.24) is 4.98 Å². The van der Waals surface area contributed by atoms with Crippen LogP contribution in [0.1, 0.15) is 35.6 Å². The van der Waals surface area contributed by atoms with Gasteiger partial charge in [-0.2, -0.15) is 0 Å². The van der Waals surface area contributed by atoms with Crippen LogP contribution in [0.15, 0.2) is 35.1 Å². The highest BCUT2D eigenvalue weighted by Gasteiger charge is 2.14. The number of furan rings is 1. The summed E-state index contributed by atoms with van der Waals surface area (Å²) in [5, 5.41) is 10.0. The van der Waals surface area contributed by atoms with E-state index in [1.165, 1.54) is 5.56 Å². The van der Waals surface area contributed by atoms with E-state index in [0.717, 1.165) is 17.7 Å². The second-order valence-electron chi connectivity index (χ2n) is 4.20. The van der Waals surface area contributed by atoms with Crippen LogP contribution < -0.4 is 0 Å². The fraction of sp³-hybridized carbons (Fsp3) is 0.357. The first kappa shape index (κ1) is 11.9. The van der Waals surface area contributed by atoms with Gasteiger partial charge in [0, 0.05) is 18.3 Å². The highest BCUT2D eigenvalue weighted by atomic mass is 16.4. The second kappa shape index (κ2) is 5.15. The quantitative estimate of drug-likeness (QED) is 0.880. The minimum atomic E-state index is -0.620. The topological polar surface area (TPSA) is 46.3 Å². The molecule has 0 bridgehead atoms. The van der Waals surface area contributed by atoms with Crippen molar-refractivity contribution in [2.75, 3.05) is 0 Å². The van der Waals surface area contributed by atoms with Gasteiger partial charge < -0.3 is 9.52 Å². The highest BCUT2D eigenvalue weighted by molar-refractivity contribution is 5.20. The van der Waals surface area contributed by atoms with Crippen LogP contribution in [0.25, 0.3) is 0 Å². The normalized spacial score (nSPS) is 12.6. The van der Waals surface area contributed by atoms with Gasteiger partial charge in [-0.15, -0.1) is 0 Å². The lowest BCUT2D eigenvalue weighted by Crippen LogP contribution is -2.03. The van der Waals surface area contributed by atoms with E-state index in [1.807, 2.05) is 31.3 Å². The molecule has 0 amide bonds. The first-order chi connectivity index (χ1) is 8.20. The predicted octanol–water partition coefficient (Wildman–Crippen LogP) is 2.82. The average molecular weight is 231 g/mol. The predicted molar refractivity (Wildman–Crippen MR) is 65.7 cm³/mol. The van der Waals surface area contributed by atoms with Gasteiger partial charge >= 0.3 is 0 Å². The summed E-state index contributed by atoms with van der Waals surface area (Å²) in [7, 11) is 0. The number of pyridine rings is 1. The molecular formula is C14H17NO2. The molecule has 0 aromatic carbocycles. The summed E-state index contributed by atoms with van der Waals surface area (Å²) >= 11 is 0. The van der Waals surface area contributed by atoms with Crippen LogP contribution in [0.4, 0.5) is 0 Å². The number of aryl methyl sites for hydroxylation is 2. The molecule has 0 radical (unpaired) electrons. The first-order valence-electron chi connectivity index (χ1n) is 5.86. The van der Waals surface area contributed by atoms with Gasteiger partial charge in [0.1, 0.15) is 11.9 Å². The molecule has 1 atom stereocenters. The molecule has 0 fully saturated rings. The van der Waals surface area contributed by atoms with Gasteiger partial charge in [0.05, 0.1) is 6.26 Å². The molecule has 17 heavy (non-hydrogen) atoms. The Morgan fingerprint density at radius 3 is 2.71 bits per heavy atom. The Morgan fingerprint density at radius 1 is 1.35 bits per heavy atom. The van der Waals surface area contributed by atoms with E-state index in [9.17, 15) is 5.11 Å². The Labute approximate surface area is 101 Å². The summed E-state index contributed by atoms with van der Waals surface area (Å²) in [5.41, 5.74) is 3.06. The standard InChI is InChI=1S/C14H17NO2/c1-3-11-4-5-12(15-9-11)8-13(16)14-10(2)6-7-17-14/h4-7,9,13,16H,3,8H2,1-2H3. The van der Waals surface area contributed by atoms with E-state index in [4.69, 9.17) is 4.42 Å². The van der Waals surface area contributed by atoms with Crippen molar-refractivity contribution in [3.8, 4) is 0 Å². The van der Waals surface area contributed by atoms with Crippen LogP contribution in [0.3, 0.4) is 0 Å². The zero-order valence-corrected chi connectivity index (χ0v) is 10.2. The summed E-state index contributed by atoms with van der Waals surface area (Å²) in [5.74, 6) is 0.631. The van der Waals surface area contributed by atoms with Crippen molar-refractivity contribution in [3.63, 3.8) is 0 Å². The Balaban J connectivity index is 2.07. The third-order valence-electron chi connectivity index (χ3n) is 2.90. The summed E-state index contributed by atoms with van der Waals surface area (Å²) in [6, 6.07) is 5.86. The molecular weight excluding hydrogens is 214 g/mol. The number of rotatable bonds is 4. The van der Waals surface area contributed by atoms with E-state index >= 15 is 0 Å². The molecule has 3 heteroatoms. The molecule has 2 rings (SSSR count). The van der Waals surface area contributed by atoms with Crippen molar-refractivity contribution in [2.45, 2.75) is 32.8 Å². The van der Waals surface area contributed by atoms with Crippen LogP contribution in [0.2, 0.25) is 0 Å². The molecule has 0 spiro atoms. The van der Waals surface area contributed by atoms with Crippen molar-refractivity contribution < 1.29 is 9.52 Å². The number of hydrogen-bond acceptors (Lipinski definition) is 3. The first-order valence-corrected chi connectivity index (χ1v) is 5.86. The Bertz CT molecular complexity index is 473. The monoisotopic (exact) mass is 231 g/mol. The third kappa shape index (κ3) is 2.74. The molecule has 0 aliphatic carbocycles. The van der Waals surface area contributed by atoms with E-state index in [0.29, 0.717) is 12.2 Å². The van der Waals surface area contributed by atoms with Gasteiger partial charge in [-0.3, -0.25) is 4.98 Å². The lowest BCUT2D eigenvalue weighted by Gasteiger charge is -2.08. The maximum absolute atomic E-state index is 10.0. The van der Waals surface area contributed by atoms with E-state index in [-0.39, 0.29) is 0 Å². The molecule has 90 valence electrons. The zero-order valence-electron chi connectivity index (χ0n) is 10.2. The van der Waals surface area contributed by atoms with Gasteiger partial charge in [0.25, 0.3) is 0 Å². The van der Waals surface area contributed by atoms with Gasteiger partial charge in [0.2, 0.25) is 0 Å². The molecule has 3 nitrogen and oxygen atoms in total. The van der Waals surface area contributed by atoms with Crippen LogP contribution in [0, 0.1) is 6.92 Å². The van der Waals surface area contributed by atoms with Crippen LogP contribution >= 0.6 is 0 Å². The minimum absolute atomic E-state index is 0.484. The van der Waals surface area contributed by atoms with Crippen molar-refractivity contribution in [3.05, 3.63) is 53.2 Å². The smallest absolute Gasteiger partial charge is 0.135 e. The van der Waals surface area contributed by atoms with Gasteiger partial charge in [-0.25, -0.2) is 0 Å². The molecule has 2 aromatic rings. The minimum Gasteiger partial charge on any atom is -0.466 e. The summed E-state index contributed by atoms with van der Waals surface area (Å²) in [4.78, 5) is 4.33. The largest absolute Gasteiger partial charge is 0.466 e. The lowest BCUT2D eigenvalue weighted by atomic mass is 10.1. The van der Waals surface area contributed by atoms with Crippen LogP contribution in [0.5, 0.6) is 0 Å². The van der Waals surface area contributed by atoms with Crippen LogP contribution in [-0.4, -0.2) is 10.1 Å². The van der Waals surface area contributed by atoms with Gasteiger partial charge in [0.15, 0.2) is 0 Å². The molecule has 0 aliphatic heterocycles. The fourth-order valence-electron chi connectivity index (χ4n) is 1.80. The maximum Gasteiger partial charge on any atom is 0.135 e.